The number of nitrogens with one attached hydrogen (secondary N) is 1. The van der Waals surface area contributed by atoms with Crippen molar-refractivity contribution in [3.8, 4) is 0 Å². The van der Waals surface area contributed by atoms with E-state index in [1.165, 1.54) is 0 Å². The largest absolute Gasteiger partial charge is 0.374 e. The molecule has 0 amide bonds. The Morgan fingerprint density at radius 2 is 2.16 bits per heavy atom. The summed E-state index contributed by atoms with van der Waals surface area (Å²) in [5.41, 5.74) is 2.10. The van der Waals surface area contributed by atoms with Crippen LogP contribution >= 0.6 is 0 Å². The highest BCUT2D eigenvalue weighted by atomic mass is 19.3. The van der Waals surface area contributed by atoms with Crippen molar-refractivity contribution in [2.45, 2.75) is 13.0 Å². The third-order valence-corrected chi connectivity index (χ3v) is 2.66. The van der Waals surface area contributed by atoms with Crippen LogP contribution < -0.4 is 5.32 Å². The van der Waals surface area contributed by atoms with Crippen molar-refractivity contribution < 1.29 is 13.5 Å². The van der Waals surface area contributed by atoms with E-state index in [1.807, 2.05) is 24.3 Å². The van der Waals surface area contributed by atoms with Crippen molar-refractivity contribution >= 4 is 10.9 Å². The van der Waals surface area contributed by atoms with Crippen molar-refractivity contribution in [2.24, 2.45) is 0 Å². The summed E-state index contributed by atoms with van der Waals surface area (Å²) < 4.78 is 28.4. The standard InChI is InChI=1S/C14H16F2N2O/c15-14(16)10-19-7-6-17-9-11-3-4-13-12(8-11)2-1-5-18-13/h1-5,8,14,17H,6-7,9-10H2. The lowest BCUT2D eigenvalue weighted by molar-refractivity contribution is 0.0187. The van der Waals surface area contributed by atoms with Crippen LogP contribution in [0.3, 0.4) is 0 Å². The van der Waals surface area contributed by atoms with Crippen LogP contribution in [0.1, 0.15) is 5.56 Å². The van der Waals surface area contributed by atoms with Gasteiger partial charge in [0.2, 0.25) is 0 Å². The van der Waals surface area contributed by atoms with Crippen LogP contribution in [0, 0.1) is 0 Å². The Bertz CT molecular complexity index is 520. The molecule has 0 atom stereocenters. The molecule has 0 aliphatic heterocycles. The van der Waals surface area contributed by atoms with Gasteiger partial charge in [0.05, 0.1) is 12.1 Å². The van der Waals surface area contributed by atoms with Crippen LogP contribution in [0.25, 0.3) is 10.9 Å². The van der Waals surface area contributed by atoms with E-state index < -0.39 is 13.0 Å². The number of nitrogens with zero attached hydrogens (tertiary/aromatic N) is 1. The fourth-order valence-corrected chi connectivity index (χ4v) is 1.78. The average molecular weight is 266 g/mol. The number of pyridine rings is 1. The molecule has 3 nitrogen and oxygen atoms in total. The van der Waals surface area contributed by atoms with E-state index in [0.29, 0.717) is 19.7 Å². The Morgan fingerprint density at radius 1 is 1.26 bits per heavy atom. The summed E-state index contributed by atoms with van der Waals surface area (Å²) in [5.74, 6) is 0. The SMILES string of the molecule is FC(F)COCCNCc1ccc2ncccc2c1. The smallest absolute Gasteiger partial charge is 0.261 e. The van der Waals surface area contributed by atoms with Gasteiger partial charge in [0.15, 0.2) is 0 Å². The Labute approximate surface area is 110 Å². The van der Waals surface area contributed by atoms with Crippen molar-refractivity contribution in [3.05, 3.63) is 42.1 Å². The van der Waals surface area contributed by atoms with Gasteiger partial charge in [-0.2, -0.15) is 0 Å². The molecule has 0 bridgehead atoms. The van der Waals surface area contributed by atoms with Crippen LogP contribution in [-0.4, -0.2) is 31.2 Å². The number of benzene rings is 1. The Balaban J connectivity index is 1.75. The highest BCUT2D eigenvalue weighted by molar-refractivity contribution is 5.78. The second-order valence-corrected chi connectivity index (χ2v) is 4.17. The molecular weight excluding hydrogens is 250 g/mol. The lowest BCUT2D eigenvalue weighted by Crippen LogP contribution is -2.20. The number of aromatic nitrogens is 1. The fourth-order valence-electron chi connectivity index (χ4n) is 1.78. The molecule has 0 aliphatic carbocycles. The molecule has 0 saturated heterocycles. The molecule has 0 aliphatic rings. The Hall–Kier alpha value is -1.59. The number of alkyl halides is 2. The van der Waals surface area contributed by atoms with Crippen molar-refractivity contribution in [1.29, 1.82) is 0 Å². The molecule has 0 unspecified atom stereocenters. The van der Waals surface area contributed by atoms with E-state index in [0.717, 1.165) is 16.5 Å². The highest BCUT2D eigenvalue weighted by Gasteiger charge is 2.01. The third kappa shape index (κ3) is 4.54. The molecule has 102 valence electrons. The van der Waals surface area contributed by atoms with Gasteiger partial charge in [0.1, 0.15) is 6.61 Å². The molecule has 1 aromatic carbocycles. The molecule has 0 spiro atoms. The zero-order valence-electron chi connectivity index (χ0n) is 10.5. The minimum Gasteiger partial charge on any atom is -0.374 e. The van der Waals surface area contributed by atoms with Crippen LogP contribution in [0.15, 0.2) is 36.5 Å². The van der Waals surface area contributed by atoms with Crippen molar-refractivity contribution in [3.63, 3.8) is 0 Å². The third-order valence-electron chi connectivity index (χ3n) is 2.66. The summed E-state index contributed by atoms with van der Waals surface area (Å²) in [6, 6.07) is 9.95. The fraction of sp³-hybridized carbons (Fsp3) is 0.357. The summed E-state index contributed by atoms with van der Waals surface area (Å²) in [4.78, 5) is 4.25. The number of hydrogen-bond donors (Lipinski definition) is 1. The van der Waals surface area contributed by atoms with Gasteiger partial charge in [-0.05, 0) is 23.8 Å². The number of fused-ring (bicyclic) bond motifs is 1. The molecule has 19 heavy (non-hydrogen) atoms. The maximum absolute atomic E-state index is 11.8. The van der Waals surface area contributed by atoms with Gasteiger partial charge in [-0.15, -0.1) is 0 Å². The molecular formula is C14H16F2N2O. The van der Waals surface area contributed by atoms with E-state index >= 15 is 0 Å². The molecule has 2 rings (SSSR count). The topological polar surface area (TPSA) is 34.1 Å². The van der Waals surface area contributed by atoms with Gasteiger partial charge < -0.3 is 10.1 Å². The van der Waals surface area contributed by atoms with Gasteiger partial charge in [-0.1, -0.05) is 12.1 Å². The van der Waals surface area contributed by atoms with Crippen molar-refractivity contribution in [1.82, 2.24) is 10.3 Å². The quantitative estimate of drug-likeness (QED) is 0.782. The maximum Gasteiger partial charge on any atom is 0.261 e. The van der Waals surface area contributed by atoms with Crippen LogP contribution in [-0.2, 0) is 11.3 Å². The molecule has 1 heterocycles. The monoisotopic (exact) mass is 266 g/mol. The van der Waals surface area contributed by atoms with Crippen molar-refractivity contribution in [2.75, 3.05) is 19.8 Å². The lowest BCUT2D eigenvalue weighted by atomic mass is 10.1. The normalized spacial score (nSPS) is 11.3. The number of ether oxygens (including phenoxy) is 1. The summed E-state index contributed by atoms with van der Waals surface area (Å²) in [5, 5.41) is 4.24. The summed E-state index contributed by atoms with van der Waals surface area (Å²) in [7, 11) is 0. The van der Waals surface area contributed by atoms with Crippen LogP contribution in [0.2, 0.25) is 0 Å². The molecule has 1 N–H and O–H groups in total. The van der Waals surface area contributed by atoms with Gasteiger partial charge in [-0.3, -0.25) is 4.98 Å². The predicted octanol–water partition coefficient (Wildman–Crippen LogP) is 2.61. The molecule has 0 radical (unpaired) electrons. The zero-order chi connectivity index (χ0) is 13.5. The minimum atomic E-state index is -2.40. The molecule has 5 heteroatoms. The zero-order valence-corrected chi connectivity index (χ0v) is 10.5. The van der Waals surface area contributed by atoms with E-state index in [2.05, 4.69) is 16.4 Å². The van der Waals surface area contributed by atoms with E-state index in [-0.39, 0.29) is 0 Å². The summed E-state index contributed by atoms with van der Waals surface area (Å²) >= 11 is 0. The van der Waals surface area contributed by atoms with E-state index in [4.69, 9.17) is 4.74 Å². The molecule has 2 aromatic rings. The number of halogens is 2. The van der Waals surface area contributed by atoms with Gasteiger partial charge in [0, 0.05) is 24.7 Å². The van der Waals surface area contributed by atoms with Gasteiger partial charge >= 0.3 is 0 Å². The van der Waals surface area contributed by atoms with Crippen LogP contribution in [0.4, 0.5) is 8.78 Å². The Morgan fingerprint density at radius 3 is 3.00 bits per heavy atom. The maximum atomic E-state index is 11.8. The summed E-state index contributed by atoms with van der Waals surface area (Å²) in [6.07, 6.45) is -0.631. The highest BCUT2D eigenvalue weighted by Crippen LogP contribution is 2.12. The summed E-state index contributed by atoms with van der Waals surface area (Å²) in [6.45, 7) is 1.03. The molecule has 0 fully saturated rings. The first-order valence-electron chi connectivity index (χ1n) is 6.16. The minimum absolute atomic E-state index is 0.291. The number of hydrogen-bond acceptors (Lipinski definition) is 3. The predicted molar refractivity (Wildman–Crippen MR) is 70.3 cm³/mol. The second-order valence-electron chi connectivity index (χ2n) is 4.17. The first-order valence-corrected chi connectivity index (χ1v) is 6.16. The van der Waals surface area contributed by atoms with Crippen LogP contribution in [0.5, 0.6) is 0 Å². The lowest BCUT2D eigenvalue weighted by Gasteiger charge is -2.07. The van der Waals surface area contributed by atoms with E-state index in [9.17, 15) is 8.78 Å². The first-order chi connectivity index (χ1) is 9.25. The van der Waals surface area contributed by atoms with Gasteiger partial charge in [-0.25, -0.2) is 8.78 Å². The molecule has 1 aromatic heterocycles. The Kier molecular flexibility index (Phi) is 5.18. The average Bonchev–Trinajstić information content (AvgIpc) is 2.42. The molecule has 0 saturated carbocycles. The number of rotatable bonds is 7. The first kappa shape index (κ1) is 13.8. The van der Waals surface area contributed by atoms with Gasteiger partial charge in [0.25, 0.3) is 6.43 Å². The van der Waals surface area contributed by atoms with E-state index in [1.54, 1.807) is 6.20 Å². The second kappa shape index (κ2) is 7.11.